The zero-order valence-corrected chi connectivity index (χ0v) is 22.4. The first kappa shape index (κ1) is 26.3. The number of carbonyl (C=O) groups is 2. The van der Waals surface area contributed by atoms with Crippen LogP contribution in [0.2, 0.25) is 0 Å². The molecule has 0 aliphatic heterocycles. The van der Waals surface area contributed by atoms with Crippen LogP contribution in [0.4, 0.5) is 5.69 Å². The van der Waals surface area contributed by atoms with Crippen molar-refractivity contribution in [3.63, 3.8) is 0 Å². The molecular weight excluding hydrogens is 562 g/mol. The van der Waals surface area contributed by atoms with Gasteiger partial charge < -0.3 is 10.2 Å². The first-order chi connectivity index (χ1) is 14.9. The van der Waals surface area contributed by atoms with Gasteiger partial charge in [-0.1, -0.05) is 44.0 Å². The minimum absolute atomic E-state index is 0.168. The molecule has 0 spiro atoms. The lowest BCUT2D eigenvalue weighted by Crippen LogP contribution is -2.51. The van der Waals surface area contributed by atoms with Gasteiger partial charge in [0.1, 0.15) is 12.6 Å². The van der Waals surface area contributed by atoms with E-state index >= 15 is 0 Å². The van der Waals surface area contributed by atoms with Gasteiger partial charge in [-0.2, -0.15) is 0 Å². The van der Waals surface area contributed by atoms with E-state index in [0.29, 0.717) is 12.2 Å². The zero-order chi connectivity index (χ0) is 24.1. The van der Waals surface area contributed by atoms with E-state index in [-0.39, 0.29) is 12.5 Å². The second kappa shape index (κ2) is 11.3. The van der Waals surface area contributed by atoms with Gasteiger partial charge in [0.25, 0.3) is 0 Å². The average molecular weight is 589 g/mol. The van der Waals surface area contributed by atoms with Gasteiger partial charge in [-0.15, -0.1) is 0 Å². The van der Waals surface area contributed by atoms with E-state index in [1.54, 1.807) is 32.0 Å². The fraction of sp³-hybridized carbons (Fsp3) is 0.364. The summed E-state index contributed by atoms with van der Waals surface area (Å²) in [6, 6.07) is 11.7. The highest BCUT2D eigenvalue weighted by Crippen LogP contribution is 2.25. The maximum absolute atomic E-state index is 13.4. The predicted molar refractivity (Wildman–Crippen MR) is 134 cm³/mol. The molecule has 7 nitrogen and oxygen atoms in total. The van der Waals surface area contributed by atoms with Crippen LogP contribution in [-0.2, 0) is 26.2 Å². The summed E-state index contributed by atoms with van der Waals surface area (Å²) in [5.74, 6) is -0.777. The second-order valence-corrected chi connectivity index (χ2v) is 11.1. The minimum atomic E-state index is -3.75. The number of nitrogens with one attached hydrogen (secondary N) is 1. The summed E-state index contributed by atoms with van der Waals surface area (Å²) in [5, 5.41) is 2.73. The molecule has 0 radical (unpaired) electrons. The molecule has 0 fully saturated rings. The number of anilines is 1. The van der Waals surface area contributed by atoms with Crippen LogP contribution in [0.5, 0.6) is 0 Å². The average Bonchev–Trinajstić information content (AvgIpc) is 2.72. The Hall–Kier alpha value is -1.91. The Morgan fingerprint density at radius 1 is 1.09 bits per heavy atom. The molecule has 2 aromatic rings. The van der Waals surface area contributed by atoms with Gasteiger partial charge in [0.05, 0.1) is 11.9 Å². The third kappa shape index (κ3) is 7.05. The smallest absolute Gasteiger partial charge is 0.244 e. The molecule has 0 aliphatic rings. The molecule has 10 heteroatoms. The van der Waals surface area contributed by atoms with Crippen molar-refractivity contribution in [2.75, 3.05) is 23.7 Å². The number of hydrogen-bond acceptors (Lipinski definition) is 4. The Balaban J connectivity index is 2.39. The molecule has 0 aromatic heterocycles. The number of hydrogen-bond donors (Lipinski definition) is 1. The van der Waals surface area contributed by atoms with E-state index in [0.717, 1.165) is 30.6 Å². The topological polar surface area (TPSA) is 86.8 Å². The van der Waals surface area contributed by atoms with E-state index in [1.165, 1.54) is 4.90 Å². The van der Waals surface area contributed by atoms with E-state index in [2.05, 4.69) is 37.2 Å². The highest BCUT2D eigenvalue weighted by molar-refractivity contribution is 9.10. The van der Waals surface area contributed by atoms with Crippen molar-refractivity contribution in [3.8, 4) is 0 Å². The Labute approximate surface area is 206 Å². The molecule has 2 amide bonds. The maximum atomic E-state index is 13.4. The molecule has 0 aliphatic carbocycles. The van der Waals surface area contributed by atoms with Crippen LogP contribution in [0.25, 0.3) is 0 Å². The molecule has 174 valence electrons. The summed E-state index contributed by atoms with van der Waals surface area (Å²) in [6.45, 7) is 5.45. The van der Waals surface area contributed by atoms with Crippen LogP contribution in [-0.4, -0.2) is 50.5 Å². The van der Waals surface area contributed by atoms with Crippen molar-refractivity contribution in [2.45, 2.75) is 33.4 Å². The number of rotatable bonds is 9. The van der Waals surface area contributed by atoms with Gasteiger partial charge in [-0.3, -0.25) is 13.9 Å². The van der Waals surface area contributed by atoms with Crippen molar-refractivity contribution < 1.29 is 18.0 Å². The van der Waals surface area contributed by atoms with Crippen LogP contribution in [0, 0.1) is 6.92 Å². The van der Waals surface area contributed by atoms with E-state index in [4.69, 9.17) is 0 Å². The number of halogens is 2. The SMILES string of the molecule is CCNC(=O)[C@@H](C)N(Cc1ccc(Br)cc1)C(=O)CN(c1ccc(Br)c(C)c1)S(C)(=O)=O. The summed E-state index contributed by atoms with van der Waals surface area (Å²) < 4.78 is 27.9. The number of benzene rings is 2. The first-order valence-corrected chi connectivity index (χ1v) is 13.4. The molecule has 1 N–H and O–H groups in total. The summed E-state index contributed by atoms with van der Waals surface area (Å²) in [4.78, 5) is 27.3. The van der Waals surface area contributed by atoms with Gasteiger partial charge in [0.15, 0.2) is 0 Å². The lowest BCUT2D eigenvalue weighted by Gasteiger charge is -2.31. The van der Waals surface area contributed by atoms with Crippen LogP contribution < -0.4 is 9.62 Å². The Morgan fingerprint density at radius 3 is 2.25 bits per heavy atom. The minimum Gasteiger partial charge on any atom is -0.355 e. The monoisotopic (exact) mass is 587 g/mol. The highest BCUT2D eigenvalue weighted by Gasteiger charge is 2.30. The third-order valence-corrected chi connectivity index (χ3v) is 7.45. The summed E-state index contributed by atoms with van der Waals surface area (Å²) >= 11 is 6.79. The largest absolute Gasteiger partial charge is 0.355 e. The third-order valence-electron chi connectivity index (χ3n) is 4.89. The molecule has 1 atom stereocenters. The fourth-order valence-corrected chi connectivity index (χ4v) is 4.44. The summed E-state index contributed by atoms with van der Waals surface area (Å²) in [5.41, 5.74) is 2.05. The molecule has 2 aromatic carbocycles. The van der Waals surface area contributed by atoms with Crippen LogP contribution in [0.3, 0.4) is 0 Å². The molecule has 2 rings (SSSR count). The van der Waals surface area contributed by atoms with Crippen molar-refractivity contribution in [1.82, 2.24) is 10.2 Å². The van der Waals surface area contributed by atoms with Gasteiger partial charge >= 0.3 is 0 Å². The Morgan fingerprint density at radius 2 is 1.72 bits per heavy atom. The molecular formula is C22H27Br2N3O4S. The van der Waals surface area contributed by atoms with Gasteiger partial charge in [-0.05, 0) is 62.2 Å². The van der Waals surface area contributed by atoms with Gasteiger partial charge in [-0.25, -0.2) is 8.42 Å². The lowest BCUT2D eigenvalue weighted by molar-refractivity contribution is -0.139. The number of nitrogens with zero attached hydrogens (tertiary/aromatic N) is 2. The van der Waals surface area contributed by atoms with Crippen molar-refractivity contribution in [1.29, 1.82) is 0 Å². The van der Waals surface area contributed by atoms with E-state index < -0.39 is 28.5 Å². The molecule has 32 heavy (non-hydrogen) atoms. The van der Waals surface area contributed by atoms with Crippen molar-refractivity contribution >= 4 is 59.4 Å². The first-order valence-electron chi connectivity index (χ1n) is 9.99. The Kier molecular flexibility index (Phi) is 9.29. The zero-order valence-electron chi connectivity index (χ0n) is 18.4. The highest BCUT2D eigenvalue weighted by atomic mass is 79.9. The number of likely N-dealkylation sites (N-methyl/N-ethyl adjacent to an activating group) is 1. The van der Waals surface area contributed by atoms with Gasteiger partial charge in [0, 0.05) is 22.0 Å². The number of amides is 2. The summed E-state index contributed by atoms with van der Waals surface area (Å²) in [6.07, 6.45) is 1.06. The predicted octanol–water partition coefficient (Wildman–Crippen LogP) is 3.84. The number of sulfonamides is 1. The molecule has 0 saturated heterocycles. The van der Waals surface area contributed by atoms with Crippen molar-refractivity contribution in [3.05, 3.63) is 62.5 Å². The van der Waals surface area contributed by atoms with E-state index in [9.17, 15) is 18.0 Å². The molecule has 0 saturated carbocycles. The maximum Gasteiger partial charge on any atom is 0.244 e. The van der Waals surface area contributed by atoms with Crippen molar-refractivity contribution in [2.24, 2.45) is 0 Å². The molecule has 0 unspecified atom stereocenters. The Bertz CT molecular complexity index is 1080. The normalized spacial score (nSPS) is 12.2. The van der Waals surface area contributed by atoms with Crippen LogP contribution in [0.15, 0.2) is 51.4 Å². The molecule has 0 heterocycles. The molecule has 0 bridgehead atoms. The standard InChI is InChI=1S/C22H27Br2N3O4S/c1-5-25-22(29)16(3)26(13-17-6-8-18(23)9-7-17)21(28)14-27(32(4,30)31)19-10-11-20(24)15(2)12-19/h6-12,16H,5,13-14H2,1-4H3,(H,25,29)/t16-/m1/s1. The fourth-order valence-electron chi connectivity index (χ4n) is 3.09. The van der Waals surface area contributed by atoms with Crippen LogP contribution in [0.1, 0.15) is 25.0 Å². The number of carbonyl (C=O) groups excluding carboxylic acids is 2. The quantitative estimate of drug-likeness (QED) is 0.482. The number of aryl methyl sites for hydroxylation is 1. The second-order valence-electron chi connectivity index (χ2n) is 7.42. The van der Waals surface area contributed by atoms with E-state index in [1.807, 2.05) is 31.2 Å². The van der Waals surface area contributed by atoms with Gasteiger partial charge in [0.2, 0.25) is 21.8 Å². The van der Waals surface area contributed by atoms with Crippen LogP contribution >= 0.6 is 31.9 Å². The summed E-state index contributed by atoms with van der Waals surface area (Å²) in [7, 11) is -3.75. The lowest BCUT2D eigenvalue weighted by atomic mass is 10.1.